The van der Waals surface area contributed by atoms with Crippen molar-refractivity contribution >= 4 is 11.8 Å². The van der Waals surface area contributed by atoms with Crippen LogP contribution in [-0.2, 0) is 17.8 Å². The standard InChI is InChI=1S/C17H19N5O3/c23-16-14-3-1-2-4-15(14)17(24)22(16)6-5-21-12-13(18-19-21)11-20-7-9-25-10-8-20/h1-4,12H,5-11H2. The summed E-state index contributed by atoms with van der Waals surface area (Å²) in [4.78, 5) is 28.2. The van der Waals surface area contributed by atoms with E-state index in [4.69, 9.17) is 4.74 Å². The minimum Gasteiger partial charge on any atom is -0.379 e. The smallest absolute Gasteiger partial charge is 0.261 e. The van der Waals surface area contributed by atoms with Gasteiger partial charge in [-0.2, -0.15) is 0 Å². The highest BCUT2D eigenvalue weighted by Crippen LogP contribution is 2.22. The second-order valence-electron chi connectivity index (χ2n) is 6.17. The summed E-state index contributed by atoms with van der Waals surface area (Å²) in [7, 11) is 0. The Balaban J connectivity index is 1.36. The van der Waals surface area contributed by atoms with Crippen molar-refractivity contribution in [3.63, 3.8) is 0 Å². The summed E-state index contributed by atoms with van der Waals surface area (Å²) in [5.74, 6) is -0.483. The van der Waals surface area contributed by atoms with E-state index >= 15 is 0 Å². The number of hydrogen-bond acceptors (Lipinski definition) is 6. The fraction of sp³-hybridized carbons (Fsp3) is 0.412. The van der Waals surface area contributed by atoms with Gasteiger partial charge in [0.1, 0.15) is 0 Å². The number of rotatable bonds is 5. The minimum atomic E-state index is -0.241. The first-order valence-electron chi connectivity index (χ1n) is 8.37. The molecular weight excluding hydrogens is 322 g/mol. The molecule has 25 heavy (non-hydrogen) atoms. The zero-order chi connectivity index (χ0) is 17.2. The lowest BCUT2D eigenvalue weighted by Gasteiger charge is -2.25. The number of benzene rings is 1. The first-order chi connectivity index (χ1) is 12.2. The van der Waals surface area contributed by atoms with Gasteiger partial charge in [-0.1, -0.05) is 17.3 Å². The highest BCUT2D eigenvalue weighted by atomic mass is 16.5. The van der Waals surface area contributed by atoms with Gasteiger partial charge >= 0.3 is 0 Å². The maximum Gasteiger partial charge on any atom is 0.261 e. The molecule has 0 bridgehead atoms. The van der Waals surface area contributed by atoms with E-state index in [9.17, 15) is 9.59 Å². The Morgan fingerprint density at radius 1 is 1.00 bits per heavy atom. The number of aromatic nitrogens is 3. The first kappa shape index (κ1) is 15.9. The first-order valence-corrected chi connectivity index (χ1v) is 8.37. The van der Waals surface area contributed by atoms with E-state index in [-0.39, 0.29) is 18.4 Å². The maximum atomic E-state index is 12.3. The van der Waals surface area contributed by atoms with Crippen LogP contribution < -0.4 is 0 Å². The number of carbonyl (C=O) groups is 2. The van der Waals surface area contributed by atoms with Gasteiger partial charge in [0.05, 0.1) is 36.6 Å². The molecule has 0 radical (unpaired) electrons. The molecule has 1 aromatic carbocycles. The predicted molar refractivity (Wildman–Crippen MR) is 87.9 cm³/mol. The molecule has 8 heteroatoms. The Kier molecular flexibility index (Phi) is 4.29. The second kappa shape index (κ2) is 6.73. The lowest BCUT2D eigenvalue weighted by molar-refractivity contribution is 0.0336. The van der Waals surface area contributed by atoms with Gasteiger partial charge in [0.2, 0.25) is 0 Å². The van der Waals surface area contributed by atoms with Crippen molar-refractivity contribution in [1.29, 1.82) is 0 Å². The number of ether oxygens (including phenoxy) is 1. The van der Waals surface area contributed by atoms with Crippen molar-refractivity contribution in [2.24, 2.45) is 0 Å². The van der Waals surface area contributed by atoms with E-state index in [2.05, 4.69) is 15.2 Å². The average molecular weight is 341 g/mol. The molecule has 1 fully saturated rings. The molecule has 0 spiro atoms. The minimum absolute atomic E-state index is 0.241. The number of carbonyl (C=O) groups excluding carboxylic acids is 2. The highest BCUT2D eigenvalue weighted by molar-refractivity contribution is 6.21. The van der Waals surface area contributed by atoms with E-state index in [0.717, 1.165) is 38.5 Å². The molecule has 0 saturated carbocycles. The van der Waals surface area contributed by atoms with Gasteiger partial charge in [-0.3, -0.25) is 24.1 Å². The molecular formula is C17H19N5O3. The number of nitrogens with zero attached hydrogens (tertiary/aromatic N) is 5. The molecule has 0 atom stereocenters. The molecule has 0 unspecified atom stereocenters. The molecule has 0 aliphatic carbocycles. The molecule has 2 aromatic rings. The number of imide groups is 1. The monoisotopic (exact) mass is 341 g/mol. The fourth-order valence-corrected chi connectivity index (χ4v) is 3.15. The van der Waals surface area contributed by atoms with Crippen LogP contribution in [-0.4, -0.2) is 69.5 Å². The summed E-state index contributed by atoms with van der Waals surface area (Å²) in [5.41, 5.74) is 1.82. The Bertz CT molecular complexity index is 762. The van der Waals surface area contributed by atoms with Crippen molar-refractivity contribution in [3.8, 4) is 0 Å². The summed E-state index contributed by atoms with van der Waals surface area (Å²) >= 11 is 0. The second-order valence-corrected chi connectivity index (χ2v) is 6.17. The number of morpholine rings is 1. The van der Waals surface area contributed by atoms with Gasteiger partial charge in [0.25, 0.3) is 11.8 Å². The zero-order valence-corrected chi connectivity index (χ0v) is 13.8. The number of fused-ring (bicyclic) bond motifs is 1. The normalized spacial score (nSPS) is 18.0. The Hall–Kier alpha value is -2.58. The molecule has 0 N–H and O–H groups in total. The van der Waals surface area contributed by atoms with E-state index in [1.54, 1.807) is 28.9 Å². The van der Waals surface area contributed by atoms with Gasteiger partial charge in [0.15, 0.2) is 0 Å². The summed E-state index contributed by atoms with van der Waals surface area (Å²) in [5, 5.41) is 8.28. The maximum absolute atomic E-state index is 12.3. The van der Waals surface area contributed by atoms with Crippen LogP contribution in [0.1, 0.15) is 26.4 Å². The van der Waals surface area contributed by atoms with Crippen LogP contribution in [0.5, 0.6) is 0 Å². The van der Waals surface area contributed by atoms with Crippen molar-refractivity contribution in [2.75, 3.05) is 32.8 Å². The third-order valence-electron chi connectivity index (χ3n) is 4.51. The molecule has 2 amide bonds. The number of hydrogen-bond donors (Lipinski definition) is 0. The third-order valence-corrected chi connectivity index (χ3v) is 4.51. The van der Waals surface area contributed by atoms with Crippen LogP contribution in [0.25, 0.3) is 0 Å². The lowest BCUT2D eigenvalue weighted by Crippen LogP contribution is -2.35. The summed E-state index contributed by atoms with van der Waals surface area (Å²) in [6, 6.07) is 6.91. The average Bonchev–Trinajstić information content (AvgIpc) is 3.18. The Morgan fingerprint density at radius 3 is 2.36 bits per heavy atom. The van der Waals surface area contributed by atoms with Crippen molar-refractivity contribution in [3.05, 3.63) is 47.3 Å². The van der Waals surface area contributed by atoms with Crippen LogP contribution in [0.2, 0.25) is 0 Å². The van der Waals surface area contributed by atoms with Crippen LogP contribution >= 0.6 is 0 Å². The van der Waals surface area contributed by atoms with Crippen LogP contribution in [0, 0.1) is 0 Å². The quantitative estimate of drug-likeness (QED) is 0.733. The molecule has 3 heterocycles. The molecule has 130 valence electrons. The Labute approximate surface area is 145 Å². The molecule has 4 rings (SSSR count). The van der Waals surface area contributed by atoms with Gasteiger partial charge in [0, 0.05) is 32.4 Å². The zero-order valence-electron chi connectivity index (χ0n) is 13.8. The van der Waals surface area contributed by atoms with Gasteiger partial charge in [-0.25, -0.2) is 0 Å². The van der Waals surface area contributed by atoms with Crippen LogP contribution in [0.3, 0.4) is 0 Å². The van der Waals surface area contributed by atoms with Crippen molar-refractivity contribution in [2.45, 2.75) is 13.1 Å². The van der Waals surface area contributed by atoms with E-state index in [1.165, 1.54) is 4.90 Å². The highest BCUT2D eigenvalue weighted by Gasteiger charge is 2.34. The van der Waals surface area contributed by atoms with Crippen molar-refractivity contribution < 1.29 is 14.3 Å². The molecule has 1 saturated heterocycles. The summed E-state index contributed by atoms with van der Waals surface area (Å²) in [6.45, 7) is 4.72. The SMILES string of the molecule is O=C1c2ccccc2C(=O)N1CCn1cc(CN2CCOCC2)nn1. The third kappa shape index (κ3) is 3.18. The molecule has 8 nitrogen and oxygen atoms in total. The van der Waals surface area contributed by atoms with E-state index < -0.39 is 0 Å². The van der Waals surface area contributed by atoms with Gasteiger partial charge in [-0.15, -0.1) is 5.10 Å². The fourth-order valence-electron chi connectivity index (χ4n) is 3.15. The van der Waals surface area contributed by atoms with Gasteiger partial charge in [-0.05, 0) is 12.1 Å². The molecule has 2 aliphatic rings. The lowest BCUT2D eigenvalue weighted by atomic mass is 10.1. The van der Waals surface area contributed by atoms with Crippen LogP contribution in [0.4, 0.5) is 0 Å². The number of amides is 2. The van der Waals surface area contributed by atoms with Gasteiger partial charge < -0.3 is 4.74 Å². The summed E-state index contributed by atoms with van der Waals surface area (Å²) in [6.07, 6.45) is 1.87. The van der Waals surface area contributed by atoms with E-state index in [1.807, 2.05) is 6.20 Å². The Morgan fingerprint density at radius 2 is 1.68 bits per heavy atom. The van der Waals surface area contributed by atoms with E-state index in [0.29, 0.717) is 17.7 Å². The molecule has 2 aliphatic heterocycles. The topological polar surface area (TPSA) is 80.6 Å². The largest absolute Gasteiger partial charge is 0.379 e. The van der Waals surface area contributed by atoms with Crippen LogP contribution in [0.15, 0.2) is 30.5 Å². The predicted octanol–water partition coefficient (Wildman–Crippen LogP) is 0.406. The summed E-state index contributed by atoms with van der Waals surface area (Å²) < 4.78 is 7.01. The van der Waals surface area contributed by atoms with Crippen molar-refractivity contribution in [1.82, 2.24) is 24.8 Å². The molecule has 1 aromatic heterocycles.